The number of carbonyl (C=O) groups is 4. The molecule has 0 aromatic heterocycles. The van der Waals surface area contributed by atoms with Gasteiger partial charge < -0.3 is 33.2 Å². The van der Waals surface area contributed by atoms with Crippen molar-refractivity contribution in [1.29, 1.82) is 0 Å². The molecule has 0 aromatic carbocycles. The van der Waals surface area contributed by atoms with Crippen LogP contribution in [0, 0.1) is 11.8 Å². The molecule has 0 bridgehead atoms. The summed E-state index contributed by atoms with van der Waals surface area (Å²) in [5.74, 6) is -2.98. The Balaban J connectivity index is 2.08. The number of ketones is 1. The summed E-state index contributed by atoms with van der Waals surface area (Å²) >= 11 is 0. The van der Waals surface area contributed by atoms with E-state index in [9.17, 15) is 19.2 Å². The van der Waals surface area contributed by atoms with Gasteiger partial charge in [-0.3, -0.25) is 24.2 Å². The lowest BCUT2D eigenvalue weighted by atomic mass is 9.75. The Labute approximate surface area is 176 Å². The molecule has 2 heterocycles. The first kappa shape index (κ1) is 23.6. The number of piperidine rings is 1. The first-order valence-electron chi connectivity index (χ1n) is 10.5. The molecular formula is C19H33N7O4. The van der Waals surface area contributed by atoms with Gasteiger partial charge in [0.2, 0.25) is 17.7 Å². The van der Waals surface area contributed by atoms with Crippen LogP contribution >= 0.6 is 0 Å². The third-order valence-electron chi connectivity index (χ3n) is 5.70. The van der Waals surface area contributed by atoms with E-state index in [1.165, 1.54) is 0 Å². The van der Waals surface area contributed by atoms with Crippen molar-refractivity contribution in [3.63, 3.8) is 0 Å². The zero-order chi connectivity index (χ0) is 22.3. The Bertz CT molecular complexity index is 692. The van der Waals surface area contributed by atoms with Crippen LogP contribution in [0.25, 0.3) is 0 Å². The number of unbranched alkanes of at least 4 members (excludes halogenated alkanes) is 1. The number of guanidine groups is 1. The summed E-state index contributed by atoms with van der Waals surface area (Å²) in [7, 11) is 0. The van der Waals surface area contributed by atoms with E-state index in [0.29, 0.717) is 32.4 Å². The Morgan fingerprint density at radius 1 is 1.03 bits per heavy atom. The SMILES string of the molecule is CCCC[C@H]1NC[C@H](C(=O)C2C[C@@H](C(N)=O)NC(=O)[C@H]2CCCN=C(N)N)NC1=O. The monoisotopic (exact) mass is 423 g/mol. The molecule has 2 rings (SSSR count). The summed E-state index contributed by atoms with van der Waals surface area (Å²) in [6.07, 6.45) is 3.56. The maximum absolute atomic E-state index is 13.2. The number of carbonyl (C=O) groups excluding carboxylic acids is 4. The van der Waals surface area contributed by atoms with E-state index in [4.69, 9.17) is 17.2 Å². The molecule has 168 valence electrons. The van der Waals surface area contributed by atoms with Crippen LogP contribution < -0.4 is 33.2 Å². The molecule has 2 saturated heterocycles. The van der Waals surface area contributed by atoms with Gasteiger partial charge >= 0.3 is 0 Å². The van der Waals surface area contributed by atoms with Crippen LogP contribution in [-0.4, -0.2) is 60.7 Å². The summed E-state index contributed by atoms with van der Waals surface area (Å²) in [5.41, 5.74) is 16.0. The Morgan fingerprint density at radius 2 is 1.73 bits per heavy atom. The van der Waals surface area contributed by atoms with Crippen LogP contribution in [0.4, 0.5) is 0 Å². The third-order valence-corrected chi connectivity index (χ3v) is 5.70. The number of amides is 3. The molecule has 2 aliphatic rings. The minimum Gasteiger partial charge on any atom is -0.370 e. The van der Waals surface area contributed by atoms with Gasteiger partial charge in [-0.2, -0.15) is 0 Å². The van der Waals surface area contributed by atoms with Crippen molar-refractivity contribution in [2.75, 3.05) is 13.1 Å². The van der Waals surface area contributed by atoms with Crippen LogP contribution in [0.3, 0.4) is 0 Å². The number of aliphatic imine (C=N–C) groups is 1. The van der Waals surface area contributed by atoms with Crippen molar-refractivity contribution < 1.29 is 19.2 Å². The van der Waals surface area contributed by atoms with Crippen molar-refractivity contribution in [2.45, 2.75) is 63.6 Å². The molecular weight excluding hydrogens is 390 g/mol. The summed E-state index contributed by atoms with van der Waals surface area (Å²) < 4.78 is 0. The fraction of sp³-hybridized carbons (Fsp3) is 0.737. The first-order chi connectivity index (χ1) is 14.2. The molecule has 0 radical (unpaired) electrons. The highest BCUT2D eigenvalue weighted by atomic mass is 16.2. The van der Waals surface area contributed by atoms with Crippen LogP contribution in [0.1, 0.15) is 45.4 Å². The van der Waals surface area contributed by atoms with E-state index in [1.807, 2.05) is 6.92 Å². The topological polar surface area (TPSA) is 195 Å². The van der Waals surface area contributed by atoms with E-state index < -0.39 is 35.7 Å². The molecule has 9 N–H and O–H groups in total. The standard InChI is InChI=1S/C19H33N7O4/c1-2-3-6-12-18(30)26-14(9-24-12)15(27)11-8-13(16(20)28)25-17(29)10(11)5-4-7-23-19(21)22/h10-14,24H,2-9H2,1H3,(H2,20,28)(H,25,29)(H,26,30)(H4,21,22,23)/t10-,11?,12+,13-,14+/m0/s1. The van der Waals surface area contributed by atoms with Crippen LogP contribution in [0.2, 0.25) is 0 Å². The summed E-state index contributed by atoms with van der Waals surface area (Å²) in [6, 6.07) is -1.98. The van der Waals surface area contributed by atoms with Gasteiger partial charge in [-0.15, -0.1) is 0 Å². The second kappa shape index (κ2) is 10.9. The zero-order valence-corrected chi connectivity index (χ0v) is 17.4. The van der Waals surface area contributed by atoms with Crippen LogP contribution in [-0.2, 0) is 19.2 Å². The number of piperazine rings is 1. The van der Waals surface area contributed by atoms with Crippen molar-refractivity contribution >= 4 is 29.5 Å². The maximum atomic E-state index is 13.2. The largest absolute Gasteiger partial charge is 0.370 e. The molecule has 11 heteroatoms. The van der Waals surface area contributed by atoms with Gasteiger partial charge in [0.1, 0.15) is 12.1 Å². The minimum atomic E-state index is -0.912. The average molecular weight is 424 g/mol. The number of primary amides is 1. The number of Topliss-reactive ketones (excluding diaryl/α,β-unsaturated/α-hetero) is 1. The van der Waals surface area contributed by atoms with Gasteiger partial charge in [0.25, 0.3) is 0 Å². The van der Waals surface area contributed by atoms with Gasteiger partial charge in [-0.25, -0.2) is 0 Å². The molecule has 11 nitrogen and oxygen atoms in total. The maximum Gasteiger partial charge on any atom is 0.240 e. The highest BCUT2D eigenvalue weighted by Crippen LogP contribution is 2.29. The van der Waals surface area contributed by atoms with Crippen molar-refractivity contribution in [2.24, 2.45) is 34.0 Å². The molecule has 30 heavy (non-hydrogen) atoms. The zero-order valence-electron chi connectivity index (χ0n) is 17.4. The second-order valence-corrected chi connectivity index (χ2v) is 7.93. The number of rotatable bonds is 10. The van der Waals surface area contributed by atoms with E-state index in [1.54, 1.807) is 0 Å². The molecule has 5 atom stereocenters. The number of hydrogen-bond donors (Lipinski definition) is 6. The number of nitrogens with zero attached hydrogens (tertiary/aromatic N) is 1. The Morgan fingerprint density at radius 3 is 2.33 bits per heavy atom. The van der Waals surface area contributed by atoms with Gasteiger partial charge in [0.05, 0.1) is 6.04 Å². The molecule has 1 unspecified atom stereocenters. The molecule has 0 saturated carbocycles. The molecule has 2 aliphatic heterocycles. The fourth-order valence-corrected chi connectivity index (χ4v) is 4.04. The van der Waals surface area contributed by atoms with Crippen LogP contribution in [0.15, 0.2) is 4.99 Å². The molecule has 0 aliphatic carbocycles. The molecule has 0 aromatic rings. The molecule has 2 fully saturated rings. The highest BCUT2D eigenvalue weighted by Gasteiger charge is 2.45. The molecule has 0 spiro atoms. The predicted octanol–water partition coefficient (Wildman–Crippen LogP) is -2.14. The van der Waals surface area contributed by atoms with Gasteiger partial charge in [-0.05, 0) is 25.7 Å². The smallest absolute Gasteiger partial charge is 0.240 e. The first-order valence-corrected chi connectivity index (χ1v) is 10.5. The fourth-order valence-electron chi connectivity index (χ4n) is 4.04. The number of nitrogens with one attached hydrogen (secondary N) is 3. The third kappa shape index (κ3) is 6.15. The molecule has 3 amide bonds. The van der Waals surface area contributed by atoms with E-state index in [2.05, 4.69) is 20.9 Å². The summed E-state index contributed by atoms with van der Waals surface area (Å²) in [6.45, 7) is 2.66. The van der Waals surface area contributed by atoms with E-state index >= 15 is 0 Å². The van der Waals surface area contributed by atoms with Gasteiger partial charge in [0, 0.05) is 24.9 Å². The van der Waals surface area contributed by atoms with E-state index in [0.717, 1.165) is 12.8 Å². The lowest BCUT2D eigenvalue weighted by molar-refractivity contribution is -0.143. The minimum absolute atomic E-state index is 0.0434. The van der Waals surface area contributed by atoms with E-state index in [-0.39, 0.29) is 30.1 Å². The summed E-state index contributed by atoms with van der Waals surface area (Å²) in [5, 5.41) is 8.50. The lowest BCUT2D eigenvalue weighted by Crippen LogP contribution is -2.64. The van der Waals surface area contributed by atoms with Crippen molar-refractivity contribution in [3.8, 4) is 0 Å². The summed E-state index contributed by atoms with van der Waals surface area (Å²) in [4.78, 5) is 53.8. The Kier molecular flexibility index (Phi) is 8.58. The quantitative estimate of drug-likeness (QED) is 0.131. The number of hydrogen-bond acceptors (Lipinski definition) is 6. The normalized spacial score (nSPS) is 28.9. The second-order valence-electron chi connectivity index (χ2n) is 7.93. The van der Waals surface area contributed by atoms with Crippen molar-refractivity contribution in [1.82, 2.24) is 16.0 Å². The van der Waals surface area contributed by atoms with Crippen molar-refractivity contribution in [3.05, 3.63) is 0 Å². The average Bonchev–Trinajstić information content (AvgIpc) is 2.69. The number of nitrogens with two attached hydrogens (primary N) is 3. The predicted molar refractivity (Wildman–Crippen MR) is 111 cm³/mol. The Hall–Kier alpha value is -2.69. The van der Waals surface area contributed by atoms with Crippen LogP contribution in [0.5, 0.6) is 0 Å². The van der Waals surface area contributed by atoms with Gasteiger partial charge in [0.15, 0.2) is 11.7 Å². The highest BCUT2D eigenvalue weighted by molar-refractivity contribution is 5.98. The van der Waals surface area contributed by atoms with Gasteiger partial charge in [-0.1, -0.05) is 19.8 Å². The lowest BCUT2D eigenvalue weighted by Gasteiger charge is -2.37.